The van der Waals surface area contributed by atoms with Crippen molar-refractivity contribution in [3.63, 3.8) is 0 Å². The number of pyridine rings is 1. The van der Waals surface area contributed by atoms with Crippen molar-refractivity contribution in [1.29, 1.82) is 0 Å². The molecular formula is C15H18N4O2. The lowest BCUT2D eigenvalue weighted by Gasteiger charge is -2.12. The molecule has 0 saturated carbocycles. The van der Waals surface area contributed by atoms with Crippen LogP contribution in [0.1, 0.15) is 23.0 Å². The number of aromatic nitrogens is 1. The summed E-state index contributed by atoms with van der Waals surface area (Å²) in [7, 11) is 0. The van der Waals surface area contributed by atoms with Crippen molar-refractivity contribution in [2.75, 3.05) is 11.9 Å². The third-order valence-electron chi connectivity index (χ3n) is 2.88. The lowest BCUT2D eigenvalue weighted by Crippen LogP contribution is -2.13. The van der Waals surface area contributed by atoms with E-state index in [0.29, 0.717) is 13.2 Å². The van der Waals surface area contributed by atoms with Gasteiger partial charge in [0, 0.05) is 29.7 Å². The van der Waals surface area contributed by atoms with Gasteiger partial charge in [0.15, 0.2) is 0 Å². The van der Waals surface area contributed by atoms with Gasteiger partial charge in [0.25, 0.3) is 5.91 Å². The van der Waals surface area contributed by atoms with Gasteiger partial charge in [0.1, 0.15) is 11.4 Å². The van der Waals surface area contributed by atoms with Crippen LogP contribution in [0.2, 0.25) is 0 Å². The number of primary amides is 1. The molecule has 110 valence electrons. The second kappa shape index (κ2) is 6.71. The molecule has 21 heavy (non-hydrogen) atoms. The van der Waals surface area contributed by atoms with E-state index in [1.807, 2.05) is 25.1 Å². The van der Waals surface area contributed by atoms with E-state index in [-0.39, 0.29) is 5.69 Å². The van der Waals surface area contributed by atoms with E-state index in [1.54, 1.807) is 12.1 Å². The fourth-order valence-electron chi connectivity index (χ4n) is 1.92. The number of nitrogens with zero attached hydrogens (tertiary/aromatic N) is 1. The zero-order valence-electron chi connectivity index (χ0n) is 11.8. The van der Waals surface area contributed by atoms with Crippen LogP contribution in [0.4, 0.5) is 11.4 Å². The van der Waals surface area contributed by atoms with E-state index >= 15 is 0 Å². The van der Waals surface area contributed by atoms with Crippen molar-refractivity contribution in [1.82, 2.24) is 4.98 Å². The number of benzene rings is 1. The number of amides is 1. The first-order valence-electron chi connectivity index (χ1n) is 6.62. The monoisotopic (exact) mass is 286 g/mol. The molecule has 0 aliphatic rings. The summed E-state index contributed by atoms with van der Waals surface area (Å²) < 4.78 is 5.50. The Morgan fingerprint density at radius 2 is 2.05 bits per heavy atom. The van der Waals surface area contributed by atoms with Gasteiger partial charge in [-0.2, -0.15) is 0 Å². The number of anilines is 2. The molecule has 2 aromatic rings. The van der Waals surface area contributed by atoms with E-state index in [1.165, 1.54) is 6.20 Å². The van der Waals surface area contributed by atoms with Gasteiger partial charge < -0.3 is 21.5 Å². The summed E-state index contributed by atoms with van der Waals surface area (Å²) in [5, 5.41) is 3.18. The topological polar surface area (TPSA) is 103 Å². The van der Waals surface area contributed by atoms with Crippen molar-refractivity contribution < 1.29 is 9.53 Å². The smallest absolute Gasteiger partial charge is 0.267 e. The van der Waals surface area contributed by atoms with Crippen LogP contribution in [0.5, 0.6) is 5.75 Å². The van der Waals surface area contributed by atoms with Gasteiger partial charge >= 0.3 is 0 Å². The van der Waals surface area contributed by atoms with Crippen LogP contribution in [0, 0.1) is 0 Å². The maximum Gasteiger partial charge on any atom is 0.267 e. The molecule has 1 heterocycles. The van der Waals surface area contributed by atoms with E-state index in [9.17, 15) is 4.79 Å². The normalized spacial score (nSPS) is 10.2. The molecule has 0 aliphatic carbocycles. The van der Waals surface area contributed by atoms with Gasteiger partial charge in [-0.3, -0.25) is 9.78 Å². The van der Waals surface area contributed by atoms with Crippen LogP contribution in [0.3, 0.4) is 0 Å². The highest BCUT2D eigenvalue weighted by Crippen LogP contribution is 2.25. The van der Waals surface area contributed by atoms with Crippen molar-refractivity contribution in [3.05, 3.63) is 47.8 Å². The van der Waals surface area contributed by atoms with Gasteiger partial charge in [-0.1, -0.05) is 0 Å². The predicted molar refractivity (Wildman–Crippen MR) is 81.5 cm³/mol. The Kier molecular flexibility index (Phi) is 4.73. The largest absolute Gasteiger partial charge is 0.494 e. The van der Waals surface area contributed by atoms with E-state index in [4.69, 9.17) is 16.2 Å². The number of nitrogens with one attached hydrogen (secondary N) is 1. The first kappa shape index (κ1) is 14.8. The van der Waals surface area contributed by atoms with E-state index < -0.39 is 5.91 Å². The Labute approximate surface area is 123 Å². The Balaban J connectivity index is 2.23. The summed E-state index contributed by atoms with van der Waals surface area (Å²) in [5.74, 6) is 0.214. The number of nitrogens with two attached hydrogens (primary N) is 2. The third-order valence-corrected chi connectivity index (χ3v) is 2.88. The van der Waals surface area contributed by atoms with Crippen molar-refractivity contribution in [2.45, 2.75) is 13.5 Å². The van der Waals surface area contributed by atoms with Crippen LogP contribution in [-0.4, -0.2) is 17.5 Å². The van der Waals surface area contributed by atoms with Gasteiger partial charge in [-0.25, -0.2) is 0 Å². The molecule has 6 heteroatoms. The Morgan fingerprint density at radius 1 is 1.29 bits per heavy atom. The molecule has 1 aromatic heterocycles. The Hall–Kier alpha value is -2.60. The Morgan fingerprint density at radius 3 is 2.71 bits per heavy atom. The molecule has 0 radical (unpaired) electrons. The minimum atomic E-state index is -0.562. The number of ether oxygens (including phenoxy) is 1. The third kappa shape index (κ3) is 3.70. The lowest BCUT2D eigenvalue weighted by atomic mass is 10.1. The van der Waals surface area contributed by atoms with Crippen LogP contribution in [0.15, 0.2) is 36.5 Å². The van der Waals surface area contributed by atoms with Crippen LogP contribution < -0.4 is 21.5 Å². The Bertz CT molecular complexity index is 643. The highest BCUT2D eigenvalue weighted by Gasteiger charge is 2.06. The summed E-state index contributed by atoms with van der Waals surface area (Å²) in [5.41, 5.74) is 13.6. The van der Waals surface area contributed by atoms with Crippen LogP contribution in [-0.2, 0) is 6.54 Å². The number of hydrogen-bond donors (Lipinski definition) is 3. The molecule has 1 aromatic carbocycles. The van der Waals surface area contributed by atoms with Crippen molar-refractivity contribution in [3.8, 4) is 5.75 Å². The highest BCUT2D eigenvalue weighted by atomic mass is 16.5. The first-order chi connectivity index (χ1) is 10.1. The zero-order chi connectivity index (χ0) is 15.2. The molecule has 0 saturated heterocycles. The minimum Gasteiger partial charge on any atom is -0.494 e. The summed E-state index contributed by atoms with van der Waals surface area (Å²) in [6.07, 6.45) is 1.53. The molecule has 5 N–H and O–H groups in total. The van der Waals surface area contributed by atoms with Crippen LogP contribution >= 0.6 is 0 Å². The molecule has 0 bridgehead atoms. The van der Waals surface area contributed by atoms with Gasteiger partial charge in [0.2, 0.25) is 0 Å². The van der Waals surface area contributed by atoms with Crippen molar-refractivity contribution in [2.24, 2.45) is 11.5 Å². The van der Waals surface area contributed by atoms with Crippen molar-refractivity contribution >= 4 is 17.3 Å². The maximum absolute atomic E-state index is 11.1. The highest BCUT2D eigenvalue weighted by molar-refractivity contribution is 5.91. The first-order valence-corrected chi connectivity index (χ1v) is 6.62. The zero-order valence-corrected chi connectivity index (χ0v) is 11.8. The summed E-state index contributed by atoms with van der Waals surface area (Å²) in [6, 6.07) is 9.01. The molecule has 6 nitrogen and oxygen atoms in total. The summed E-state index contributed by atoms with van der Waals surface area (Å²) in [6.45, 7) is 2.90. The van der Waals surface area contributed by atoms with E-state index in [0.717, 1.165) is 22.7 Å². The average molecular weight is 286 g/mol. The SMILES string of the molecule is CCOc1ccc(Nc2ccnc(C(N)=O)c2)cc1CN. The quantitative estimate of drug-likeness (QED) is 0.751. The fraction of sp³-hybridized carbons (Fsp3) is 0.200. The summed E-state index contributed by atoms with van der Waals surface area (Å²) >= 11 is 0. The van der Waals surface area contributed by atoms with Gasteiger partial charge in [0.05, 0.1) is 6.61 Å². The molecule has 2 rings (SSSR count). The van der Waals surface area contributed by atoms with Gasteiger partial charge in [-0.15, -0.1) is 0 Å². The standard InChI is InChI=1S/C15H18N4O2/c1-2-21-14-4-3-11(7-10(14)9-16)19-12-5-6-18-13(8-12)15(17)20/h3-8H,2,9,16H2,1H3,(H2,17,20)(H,18,19). The maximum atomic E-state index is 11.1. The van der Waals surface area contributed by atoms with E-state index in [2.05, 4.69) is 10.3 Å². The fourth-order valence-corrected chi connectivity index (χ4v) is 1.92. The number of carbonyl (C=O) groups excluding carboxylic acids is 1. The second-order valence-electron chi connectivity index (χ2n) is 4.38. The molecule has 1 amide bonds. The molecule has 0 aliphatic heterocycles. The molecular weight excluding hydrogens is 268 g/mol. The van der Waals surface area contributed by atoms with Gasteiger partial charge in [-0.05, 0) is 37.3 Å². The average Bonchev–Trinajstić information content (AvgIpc) is 2.49. The van der Waals surface area contributed by atoms with Crippen LogP contribution in [0.25, 0.3) is 0 Å². The predicted octanol–water partition coefficient (Wildman–Crippen LogP) is 1.78. The molecule has 0 unspecified atom stereocenters. The number of rotatable bonds is 6. The molecule has 0 spiro atoms. The second-order valence-corrected chi connectivity index (χ2v) is 4.38. The minimum absolute atomic E-state index is 0.213. The lowest BCUT2D eigenvalue weighted by molar-refractivity contribution is 0.0995. The molecule has 0 fully saturated rings. The summed E-state index contributed by atoms with van der Waals surface area (Å²) in [4.78, 5) is 15.0. The molecule has 0 atom stereocenters. The number of carbonyl (C=O) groups is 1. The number of hydrogen-bond acceptors (Lipinski definition) is 5.